The molecule has 0 saturated heterocycles. The molecule has 2 aromatic rings. The van der Waals surface area contributed by atoms with E-state index in [-0.39, 0.29) is 22.1 Å². The fraction of sp³-hybridized carbons (Fsp3) is 0.182. The summed E-state index contributed by atoms with van der Waals surface area (Å²) in [5.74, 6) is -0.647. The van der Waals surface area contributed by atoms with Gasteiger partial charge < -0.3 is 0 Å². The Morgan fingerprint density at radius 2 is 1.81 bits per heavy atom. The molecule has 112 valence electrons. The number of hydrogen-bond donors (Lipinski definition) is 0. The molecule has 10 heteroatoms. The number of halogens is 5. The highest BCUT2D eigenvalue weighted by atomic mass is 79.9. The third kappa shape index (κ3) is 3.32. The number of rotatable bonds is 1. The van der Waals surface area contributed by atoms with Gasteiger partial charge in [-0.3, -0.25) is 0 Å². The lowest BCUT2D eigenvalue weighted by atomic mass is 10.1. The van der Waals surface area contributed by atoms with E-state index in [1.807, 2.05) is 12.1 Å². The van der Waals surface area contributed by atoms with Gasteiger partial charge in [0.25, 0.3) is 5.82 Å². The van der Waals surface area contributed by atoms with Crippen LogP contribution in [0.4, 0.5) is 13.2 Å². The Labute approximate surface area is 140 Å². The van der Waals surface area contributed by atoms with Gasteiger partial charge in [0, 0.05) is 10.2 Å². The van der Waals surface area contributed by atoms with Crippen LogP contribution < -0.4 is 0 Å². The predicted molar refractivity (Wildman–Crippen MR) is 82.1 cm³/mol. The van der Waals surface area contributed by atoms with Crippen LogP contribution in [0.2, 0.25) is 0 Å². The van der Waals surface area contributed by atoms with E-state index in [9.17, 15) is 13.2 Å². The molecular weight excluding hydrogens is 437 g/mol. The fourth-order valence-electron chi connectivity index (χ4n) is 1.69. The van der Waals surface area contributed by atoms with Crippen LogP contribution in [0, 0.1) is 0 Å². The first-order valence-corrected chi connectivity index (χ1v) is 7.22. The summed E-state index contributed by atoms with van der Waals surface area (Å²) in [6, 6.07) is 7.22. The molecule has 0 aliphatic carbocycles. The Morgan fingerprint density at radius 3 is 2.43 bits per heavy atom. The Hall–Kier alpha value is -0.870. The molecule has 1 aliphatic rings. The summed E-state index contributed by atoms with van der Waals surface area (Å²) in [6.07, 6.45) is -4.57. The van der Waals surface area contributed by atoms with Gasteiger partial charge in [-0.1, -0.05) is 39.8 Å². The maximum atomic E-state index is 12.8. The Balaban J connectivity index is 0.00000161. The number of thioether (sulfide) groups is 1. The molecule has 1 aliphatic heterocycles. The average Bonchev–Trinajstić information content (AvgIpc) is 2.82. The van der Waals surface area contributed by atoms with Crippen molar-refractivity contribution in [2.24, 2.45) is 5.10 Å². The number of aromatic nitrogens is 3. The molecular formula is C11H7Br2F3N4S. The summed E-state index contributed by atoms with van der Waals surface area (Å²) in [5, 5.41) is 10.8. The van der Waals surface area contributed by atoms with E-state index in [4.69, 9.17) is 0 Å². The van der Waals surface area contributed by atoms with Crippen molar-refractivity contribution in [3.63, 3.8) is 0 Å². The van der Waals surface area contributed by atoms with Crippen molar-refractivity contribution in [2.45, 2.75) is 11.3 Å². The standard InChI is InChI=1S/C11H6BrF3N4S.BrH/c12-7-3-1-6(2-4-7)8-5-20-10-17-16-9(11(13,14)15)19(10)18-8;/h1-4H,5H2;1H. The lowest BCUT2D eigenvalue weighted by molar-refractivity contribution is -0.147. The third-order valence-electron chi connectivity index (χ3n) is 2.60. The maximum absolute atomic E-state index is 12.8. The molecule has 0 unspecified atom stereocenters. The molecule has 0 saturated carbocycles. The molecule has 2 heterocycles. The quantitative estimate of drug-likeness (QED) is 0.669. The van der Waals surface area contributed by atoms with E-state index in [0.29, 0.717) is 11.5 Å². The van der Waals surface area contributed by atoms with Crippen LogP contribution in [0.5, 0.6) is 0 Å². The van der Waals surface area contributed by atoms with Crippen LogP contribution in [0.15, 0.2) is 39.0 Å². The van der Waals surface area contributed by atoms with Gasteiger partial charge in [0.1, 0.15) is 0 Å². The van der Waals surface area contributed by atoms with Crippen LogP contribution in [0.25, 0.3) is 0 Å². The second kappa shape index (κ2) is 6.09. The molecule has 0 spiro atoms. The zero-order chi connectivity index (χ0) is 14.3. The van der Waals surface area contributed by atoms with Gasteiger partial charge in [0.05, 0.1) is 5.71 Å². The first-order valence-electron chi connectivity index (χ1n) is 5.44. The molecule has 1 aromatic carbocycles. The zero-order valence-electron chi connectivity index (χ0n) is 10.1. The molecule has 0 radical (unpaired) electrons. The van der Waals surface area contributed by atoms with Crippen molar-refractivity contribution >= 4 is 50.4 Å². The summed E-state index contributed by atoms with van der Waals surface area (Å²) in [5.41, 5.74) is 1.33. The minimum absolute atomic E-state index is 0. The summed E-state index contributed by atoms with van der Waals surface area (Å²) < 4.78 is 40.0. The molecule has 0 fully saturated rings. The molecule has 3 rings (SSSR count). The minimum Gasteiger partial charge on any atom is -0.182 e. The van der Waals surface area contributed by atoms with Crippen LogP contribution in [-0.4, -0.2) is 26.3 Å². The van der Waals surface area contributed by atoms with Crippen LogP contribution >= 0.6 is 44.7 Å². The summed E-state index contributed by atoms with van der Waals surface area (Å²) >= 11 is 4.49. The van der Waals surface area contributed by atoms with Gasteiger partial charge in [-0.2, -0.15) is 22.9 Å². The molecule has 0 amide bonds. The molecule has 0 bridgehead atoms. The molecule has 21 heavy (non-hydrogen) atoms. The highest BCUT2D eigenvalue weighted by Crippen LogP contribution is 2.32. The topological polar surface area (TPSA) is 43.1 Å². The van der Waals surface area contributed by atoms with Crippen molar-refractivity contribution in [3.05, 3.63) is 40.1 Å². The van der Waals surface area contributed by atoms with Crippen LogP contribution in [0.3, 0.4) is 0 Å². The van der Waals surface area contributed by atoms with Gasteiger partial charge in [-0.15, -0.1) is 27.2 Å². The molecule has 4 nitrogen and oxygen atoms in total. The van der Waals surface area contributed by atoms with Crippen molar-refractivity contribution in [3.8, 4) is 0 Å². The third-order valence-corrected chi connectivity index (χ3v) is 4.06. The van der Waals surface area contributed by atoms with E-state index < -0.39 is 12.0 Å². The maximum Gasteiger partial charge on any atom is 0.453 e. The summed E-state index contributed by atoms with van der Waals surface area (Å²) in [4.78, 5) is 0. The van der Waals surface area contributed by atoms with E-state index in [1.165, 1.54) is 11.8 Å². The SMILES string of the molecule is Br.FC(F)(F)c1nnc2n1N=C(c1ccc(Br)cc1)CS2. The number of hydrogen-bond acceptors (Lipinski definition) is 4. The van der Waals surface area contributed by atoms with Crippen molar-refractivity contribution in [1.29, 1.82) is 0 Å². The summed E-state index contributed by atoms with van der Waals surface area (Å²) in [7, 11) is 0. The second-order valence-electron chi connectivity index (χ2n) is 3.96. The smallest absolute Gasteiger partial charge is 0.182 e. The lowest BCUT2D eigenvalue weighted by Gasteiger charge is -2.14. The van der Waals surface area contributed by atoms with E-state index in [0.717, 1.165) is 14.7 Å². The van der Waals surface area contributed by atoms with Gasteiger partial charge in [0.2, 0.25) is 5.16 Å². The first-order chi connectivity index (χ1) is 9.45. The first kappa shape index (κ1) is 16.5. The summed E-state index contributed by atoms with van der Waals surface area (Å²) in [6.45, 7) is 0. The van der Waals surface area contributed by atoms with E-state index in [2.05, 4.69) is 31.2 Å². The van der Waals surface area contributed by atoms with Gasteiger partial charge in [0.15, 0.2) is 0 Å². The van der Waals surface area contributed by atoms with E-state index >= 15 is 0 Å². The molecule has 0 N–H and O–H groups in total. The number of nitrogens with zero attached hydrogens (tertiary/aromatic N) is 4. The van der Waals surface area contributed by atoms with Crippen LogP contribution in [0.1, 0.15) is 11.4 Å². The Morgan fingerprint density at radius 1 is 1.14 bits per heavy atom. The largest absolute Gasteiger partial charge is 0.453 e. The zero-order valence-corrected chi connectivity index (χ0v) is 14.2. The Bertz CT molecular complexity index is 682. The second-order valence-corrected chi connectivity index (χ2v) is 5.82. The van der Waals surface area contributed by atoms with Crippen LogP contribution in [-0.2, 0) is 6.18 Å². The van der Waals surface area contributed by atoms with Crippen molar-refractivity contribution in [1.82, 2.24) is 14.9 Å². The molecule has 1 aromatic heterocycles. The highest BCUT2D eigenvalue weighted by Gasteiger charge is 2.39. The number of benzene rings is 1. The van der Waals surface area contributed by atoms with Gasteiger partial charge in [-0.05, 0) is 17.7 Å². The predicted octanol–water partition coefficient (Wildman–Crippen LogP) is 4.00. The number of alkyl halides is 3. The fourth-order valence-corrected chi connectivity index (χ4v) is 2.79. The number of fused-ring (bicyclic) bond motifs is 1. The van der Waals surface area contributed by atoms with Gasteiger partial charge >= 0.3 is 6.18 Å². The lowest BCUT2D eigenvalue weighted by Crippen LogP contribution is -2.18. The van der Waals surface area contributed by atoms with E-state index in [1.54, 1.807) is 12.1 Å². The van der Waals surface area contributed by atoms with Crippen molar-refractivity contribution < 1.29 is 13.2 Å². The minimum atomic E-state index is -4.57. The average molecular weight is 444 g/mol. The molecule has 0 atom stereocenters. The Kier molecular flexibility index (Phi) is 4.79. The van der Waals surface area contributed by atoms with Gasteiger partial charge in [-0.25, -0.2) is 0 Å². The monoisotopic (exact) mass is 442 g/mol. The normalized spacial score (nSPS) is 14.2. The van der Waals surface area contributed by atoms with Crippen molar-refractivity contribution in [2.75, 3.05) is 5.75 Å². The highest BCUT2D eigenvalue weighted by molar-refractivity contribution is 9.10.